The first-order valence-electron chi connectivity index (χ1n) is 52.0. The summed E-state index contributed by atoms with van der Waals surface area (Å²) in [5.74, 6) is -0.835. The number of ether oxygens (including phenoxy) is 2. The van der Waals surface area contributed by atoms with Crippen molar-refractivity contribution in [1.82, 2.24) is 13.7 Å². The van der Waals surface area contributed by atoms with Crippen molar-refractivity contribution in [2.45, 2.75) is 397 Å². The maximum atomic E-state index is 13.6. The molecule has 1 aromatic rings. The third-order valence-electron chi connectivity index (χ3n) is 22.3. The zero-order chi connectivity index (χ0) is 111. The van der Waals surface area contributed by atoms with Crippen molar-refractivity contribution in [2.24, 2.45) is 0 Å². The average molecular weight is 2250 g/mol. The summed E-state index contributed by atoms with van der Waals surface area (Å²) in [5, 5.41) is 0. The van der Waals surface area contributed by atoms with E-state index in [1.807, 2.05) is 52.8 Å². The quantitative estimate of drug-likeness (QED) is 0.0192. The molecule has 0 aromatic carbocycles. The maximum Gasteiger partial charge on any atom is 0.365 e. The minimum atomic E-state index is -2.90. The monoisotopic (exact) mass is 2250 g/mol. The Hall–Kier alpha value is -3.19. The van der Waals surface area contributed by atoms with Crippen molar-refractivity contribution in [3.05, 3.63) is 170 Å². The zero-order valence-corrected chi connectivity index (χ0v) is 110. The molecule has 28 nitrogen and oxygen atoms in total. The third kappa shape index (κ3) is 68.6. The Balaban J connectivity index is -0.000000417. The first-order valence-corrected chi connectivity index (χ1v) is 88.4. The predicted molar refractivity (Wildman–Crippen MR) is 628 cm³/mol. The molecule has 0 aliphatic heterocycles. The van der Waals surface area contributed by atoms with Gasteiger partial charge in [-0.05, 0) is 212 Å². The molecule has 0 bridgehead atoms. The van der Waals surface area contributed by atoms with Crippen molar-refractivity contribution < 1.29 is 96.2 Å². The Labute approximate surface area is 881 Å². The van der Waals surface area contributed by atoms with Gasteiger partial charge in [-0.2, -0.15) is 0 Å². The van der Waals surface area contributed by atoms with E-state index in [0.717, 1.165) is 119 Å². The van der Waals surface area contributed by atoms with Gasteiger partial charge in [0.2, 0.25) is 0 Å². The Bertz CT molecular complexity index is 3840. The van der Waals surface area contributed by atoms with Crippen LogP contribution < -0.4 is 17.1 Å². The number of hydrogen-bond acceptors (Lipinski definition) is 25. The van der Waals surface area contributed by atoms with Gasteiger partial charge in [-0.3, -0.25) is 0 Å². The van der Waals surface area contributed by atoms with E-state index < -0.39 is 148 Å². The molecule has 42 heteroatoms. The maximum absolute atomic E-state index is 13.6. The largest absolute Gasteiger partial charge is 0.460 e. The lowest BCUT2D eigenvalue weighted by Crippen LogP contribution is -2.60. The molecule has 11 atom stereocenters. The van der Waals surface area contributed by atoms with Gasteiger partial charge in [-0.1, -0.05) is 220 Å². The number of hydrogen-bond donors (Lipinski definition) is 0. The van der Waals surface area contributed by atoms with Crippen LogP contribution in [0.4, 0.5) is 0 Å². The number of unbranched alkanes of at least 4 members (excludes halogenated alkanes) is 9. The van der Waals surface area contributed by atoms with E-state index in [4.69, 9.17) is 86.7 Å². The first-order chi connectivity index (χ1) is 66.3. The normalized spacial score (nSPS) is 16.1. The highest BCUT2D eigenvalue weighted by atomic mass is 28.5. The van der Waals surface area contributed by atoms with Crippen LogP contribution in [0.2, 0.25) is 160 Å². The van der Waals surface area contributed by atoms with Gasteiger partial charge in [0, 0.05) is 71.9 Å². The first kappa shape index (κ1) is 149. The van der Waals surface area contributed by atoms with E-state index >= 15 is 0 Å². The topological polar surface area (TPSA) is 285 Å². The summed E-state index contributed by atoms with van der Waals surface area (Å²) in [6.45, 7) is 110. The fourth-order valence-electron chi connectivity index (χ4n) is 14.8. The number of nitrogens with zero attached hydrogens (tertiary/aromatic N) is 3. The minimum absolute atomic E-state index is 0.107. The zero-order valence-electron chi connectivity index (χ0n) is 96.3. The number of carbonyl (C=O) groups excluding carboxylic acids is 2. The third-order valence-corrected chi connectivity index (χ3v) is 73.8. The number of carbonyl (C=O) groups is 2. The molecule has 0 saturated heterocycles. The second-order valence-electron chi connectivity index (χ2n) is 38.9. The molecule has 0 saturated carbocycles. The molecule has 0 fully saturated rings. The van der Waals surface area contributed by atoms with Gasteiger partial charge in [0.1, 0.15) is 12.5 Å². The molecule has 0 amide bonds. The lowest BCUT2D eigenvalue weighted by molar-refractivity contribution is -0.138. The van der Waals surface area contributed by atoms with Crippen LogP contribution in [0, 0.1) is 0 Å². The molecule has 1 aromatic heterocycles. The Morgan fingerprint density at radius 2 is 0.570 bits per heavy atom. The van der Waals surface area contributed by atoms with Crippen molar-refractivity contribution >= 4 is 131 Å². The van der Waals surface area contributed by atoms with Crippen LogP contribution in [0.1, 0.15) is 218 Å². The fraction of sp³-hybridized carbons (Fsp3) is 0.730. The second-order valence-corrected chi connectivity index (χ2v) is 88.6. The van der Waals surface area contributed by atoms with Crippen LogP contribution in [0.3, 0.4) is 0 Å². The Kier molecular flexibility index (Phi) is 84.9. The lowest BCUT2D eigenvalue weighted by Gasteiger charge is -2.40. The molecule has 0 radical (unpaired) electrons. The summed E-state index contributed by atoms with van der Waals surface area (Å²) < 4.78 is 126. The van der Waals surface area contributed by atoms with Crippen molar-refractivity contribution in [1.29, 1.82) is 0 Å². The van der Waals surface area contributed by atoms with E-state index in [0.29, 0.717) is 82.7 Å². The van der Waals surface area contributed by atoms with Crippen molar-refractivity contribution in [3.8, 4) is 0 Å². The molecule has 0 aliphatic rings. The van der Waals surface area contributed by atoms with Crippen molar-refractivity contribution in [2.75, 3.05) is 80.0 Å². The van der Waals surface area contributed by atoms with Gasteiger partial charge < -0.3 is 86.7 Å². The highest BCUT2D eigenvalue weighted by molar-refractivity contribution is 6.90. The van der Waals surface area contributed by atoms with Crippen molar-refractivity contribution in [3.63, 3.8) is 0 Å². The van der Waals surface area contributed by atoms with E-state index in [-0.39, 0.29) is 32.1 Å². The van der Waals surface area contributed by atoms with Gasteiger partial charge in [0.25, 0.3) is 0 Å². The molecule has 0 aliphatic carbocycles. The van der Waals surface area contributed by atoms with Gasteiger partial charge in [-0.15, -0.1) is 72.4 Å². The summed E-state index contributed by atoms with van der Waals surface area (Å²) in [4.78, 5) is 64.0. The number of esters is 2. The molecule has 1 rings (SSSR count). The Morgan fingerprint density at radius 3 is 0.915 bits per heavy atom. The molecule has 0 N–H and O–H groups in total. The van der Waals surface area contributed by atoms with E-state index in [2.05, 4.69) is 213 Å². The van der Waals surface area contributed by atoms with E-state index in [1.165, 1.54) is 52.2 Å². The van der Waals surface area contributed by atoms with Gasteiger partial charge in [0.05, 0.1) is 26.4 Å². The fourth-order valence-corrected chi connectivity index (χ4v) is 67.9. The smallest absolute Gasteiger partial charge is 0.365 e. The highest BCUT2D eigenvalue weighted by Gasteiger charge is 2.51. The van der Waals surface area contributed by atoms with Crippen LogP contribution in [0.25, 0.3) is 0 Å². The molecular formula is C100H211N3O25Si14. The molecule has 142 heavy (non-hydrogen) atoms. The second kappa shape index (κ2) is 80.7. The van der Waals surface area contributed by atoms with Crippen LogP contribution in [-0.2, 0) is 116 Å². The van der Waals surface area contributed by atoms with Crippen LogP contribution in [-0.4, -0.2) is 225 Å². The number of aromatic nitrogens is 3. The summed E-state index contributed by atoms with van der Waals surface area (Å²) >= 11 is 0. The van der Waals surface area contributed by atoms with Gasteiger partial charge in [0.15, 0.2) is 16.6 Å². The molecule has 11 unspecified atom stereocenters. The van der Waals surface area contributed by atoms with Crippen LogP contribution in [0.15, 0.2) is 152 Å². The molecule has 1 heterocycles. The molecular weight excluding hydrogens is 2040 g/mol. The summed E-state index contributed by atoms with van der Waals surface area (Å²) in [5.41, 5.74) is 4.44. The molecule has 0 spiro atoms. The summed E-state index contributed by atoms with van der Waals surface area (Å²) in [6.07, 6.45) is 29.0. The van der Waals surface area contributed by atoms with Gasteiger partial charge >= 0.3 is 132 Å². The number of rotatable bonds is 80. The lowest BCUT2D eigenvalue weighted by atomic mass is 10.1. The highest BCUT2D eigenvalue weighted by Crippen LogP contribution is 2.33. The predicted octanol–water partition coefficient (Wildman–Crippen LogP) is 26.4. The van der Waals surface area contributed by atoms with E-state index in [1.54, 1.807) is 76.6 Å². The minimum Gasteiger partial charge on any atom is -0.460 e. The average Bonchev–Trinajstić information content (AvgIpc) is 0.780. The van der Waals surface area contributed by atoms with Gasteiger partial charge in [-0.25, -0.2) is 37.7 Å². The standard InChI is InChI=1S/C30H59N3O7Si4.C20H44O6Si3.C16H32O4Si3.C15H32O5Si2.C15H36O3Si2.2C2H4/c1-12-17-20-31-28(34)32(21-18-26-41(6,7)39-43(10,16-5)37-23-13-2)30(36)33(29(31)35)22-19-27-42(8,9)40-44(11,25-15-4)38-24-14-3;1-10-13-15-23-27(6,7)25-29(9,18-22-20(21)19(4)5)26-28(8,17-12-3)24-16-14-11-2;1-9-14-17-21(6,12-4)19-22(7,13-5)20-23(8,16-11-3)18-15-10-2;1-8-10-11-19-21(6,12-9-2)20-22(7,17-5)13-18-15(16)14(3)4;1-7-9-10-11-12-13-15-20(6,17-4)18-19(5,16-3)14-8-2;2*1-2/h13-14,16H,2-3,5,12,15,17-27H2,1,4,6-11H3;4,10-18H2,1-3,5-9H3;9-10,12-13H,1-2,4-5,11,14-16H2,3,6-8H3;3,8-13H2,1-2,4-7H3;7-15H2,1-6H3;2*1-2H2. The molecule has 832 valence electrons. The summed E-state index contributed by atoms with van der Waals surface area (Å²) in [7, 11) is -28.5. The summed E-state index contributed by atoms with van der Waals surface area (Å²) in [6, 6.07) is 7.16. The SMILES string of the molecule is C=C.C=C.C=C(C)C(=O)OC[Si](C)(OC)O[Si](C)(CCC)OCCCC.C=C(C)C(=O)OC[Si](C)(O[Si](C)(C)OCCCC)O[Si](C)(CCC)OCCCC.C=CCO[Si](C)(C=C)O[Si](C)(C)CCCn1c(=O)n(CCCC)c(=O)n(CCC[Si](C)(C)O[Si](C)(CCC)OCC=C)c1=O.C=CCO[Si](C)(C=C)O[Si](C)(C=C)O[Si](C)(CCC)OCC=C.CCCCCCCC[Si](C)(OC)O[Si](C)(CCC)OC. The Morgan fingerprint density at radius 1 is 0.282 bits per heavy atom. The van der Waals surface area contributed by atoms with E-state index in [9.17, 15) is 24.0 Å². The van der Waals surface area contributed by atoms with Crippen LogP contribution >= 0.6 is 0 Å². The van der Waals surface area contributed by atoms with Crippen LogP contribution in [0.5, 0.6) is 0 Å².